The Bertz CT molecular complexity index is 3180. The van der Waals surface area contributed by atoms with Crippen LogP contribution in [0.5, 0.6) is 0 Å². The van der Waals surface area contributed by atoms with E-state index in [9.17, 15) is 0 Å². The van der Waals surface area contributed by atoms with Gasteiger partial charge in [-0.1, -0.05) is 199 Å². The SMILES string of the molecule is CC(C)(C)c1cc(-c2cccc3cccc(-c4ccccc4N(c4ccc(-c5cccc6ccccc56)cc4)c4cccc5c4sc4ccccc45)c23)cc(C(C)(C)C)c1. The zero-order valence-electron chi connectivity index (χ0n) is 35.3. The fourth-order valence-corrected chi connectivity index (χ4v) is 10.1. The first kappa shape index (κ1) is 37.8. The lowest BCUT2D eigenvalue weighted by Crippen LogP contribution is -2.16. The number of anilines is 3. The molecule has 9 aromatic carbocycles. The van der Waals surface area contributed by atoms with Gasteiger partial charge in [-0.3, -0.25) is 0 Å². The van der Waals surface area contributed by atoms with Gasteiger partial charge in [-0.05, 0) is 102 Å². The number of hydrogen-bond donors (Lipinski definition) is 0. The van der Waals surface area contributed by atoms with Crippen LogP contribution in [0, 0.1) is 0 Å². The fraction of sp³-hybridized carbons (Fsp3) is 0.138. The van der Waals surface area contributed by atoms with Crippen LogP contribution in [0.25, 0.3) is 75.1 Å². The average Bonchev–Trinajstić information content (AvgIpc) is 3.65. The van der Waals surface area contributed by atoms with E-state index in [-0.39, 0.29) is 10.8 Å². The fourth-order valence-electron chi connectivity index (χ4n) is 8.94. The predicted octanol–water partition coefficient (Wildman–Crippen LogP) is 17.4. The summed E-state index contributed by atoms with van der Waals surface area (Å²) in [5.74, 6) is 0. The largest absolute Gasteiger partial charge is 0.308 e. The first-order valence-corrected chi connectivity index (χ1v) is 21.9. The molecule has 10 rings (SSSR count). The second-order valence-corrected chi connectivity index (χ2v) is 19.2. The van der Waals surface area contributed by atoms with E-state index < -0.39 is 0 Å². The monoisotopic (exact) mass is 791 g/mol. The molecule has 60 heavy (non-hydrogen) atoms. The molecule has 0 aliphatic rings. The minimum absolute atomic E-state index is 0.00724. The van der Waals surface area contributed by atoms with Crippen LogP contribution in [0.1, 0.15) is 52.7 Å². The van der Waals surface area contributed by atoms with Crippen molar-refractivity contribution in [3.05, 3.63) is 199 Å². The minimum Gasteiger partial charge on any atom is -0.308 e. The van der Waals surface area contributed by atoms with Crippen LogP contribution in [0.2, 0.25) is 0 Å². The Balaban J connectivity index is 1.22. The molecule has 292 valence electrons. The second-order valence-electron chi connectivity index (χ2n) is 18.2. The van der Waals surface area contributed by atoms with E-state index in [4.69, 9.17) is 0 Å². The van der Waals surface area contributed by atoms with E-state index in [1.807, 2.05) is 11.3 Å². The molecule has 0 fully saturated rings. The maximum Gasteiger partial charge on any atom is 0.0640 e. The van der Waals surface area contributed by atoms with Crippen LogP contribution in [0.4, 0.5) is 17.1 Å². The molecule has 0 N–H and O–H groups in total. The number of rotatable bonds is 6. The number of nitrogens with zero attached hydrogens (tertiary/aromatic N) is 1. The number of hydrogen-bond acceptors (Lipinski definition) is 2. The van der Waals surface area contributed by atoms with Gasteiger partial charge in [0.05, 0.1) is 16.1 Å². The molecule has 0 unspecified atom stereocenters. The van der Waals surface area contributed by atoms with E-state index in [1.165, 1.54) is 91.9 Å². The maximum absolute atomic E-state index is 2.50. The molecule has 0 atom stereocenters. The highest BCUT2D eigenvalue weighted by Crippen LogP contribution is 2.49. The van der Waals surface area contributed by atoms with Gasteiger partial charge in [-0.25, -0.2) is 0 Å². The van der Waals surface area contributed by atoms with Gasteiger partial charge in [0, 0.05) is 26.7 Å². The zero-order valence-corrected chi connectivity index (χ0v) is 36.1. The Kier molecular flexibility index (Phi) is 9.23. The standard InChI is InChI=1S/C58H49NS/c1-57(2,3)42-35-41(36-43(37-42)58(4,5)6)47-25-14-19-40-20-15-26-50(55(40)47)48-22-9-11-28-52(48)59(53-29-16-27-51-49-23-10-12-30-54(49)60-56(51)53)44-33-31-39(32-34-44)46-24-13-18-38-17-7-8-21-45(38)46/h7-37H,1-6H3. The van der Waals surface area contributed by atoms with E-state index in [0.717, 1.165) is 11.4 Å². The second kappa shape index (κ2) is 14.7. The summed E-state index contributed by atoms with van der Waals surface area (Å²) < 4.78 is 2.57. The number of benzene rings is 9. The molecule has 0 saturated heterocycles. The van der Waals surface area contributed by atoms with Gasteiger partial charge in [-0.2, -0.15) is 0 Å². The molecule has 0 aliphatic carbocycles. The van der Waals surface area contributed by atoms with E-state index in [0.29, 0.717) is 0 Å². The highest BCUT2D eigenvalue weighted by atomic mass is 32.1. The van der Waals surface area contributed by atoms with Gasteiger partial charge in [0.15, 0.2) is 0 Å². The summed E-state index contributed by atoms with van der Waals surface area (Å²) >= 11 is 1.88. The highest BCUT2D eigenvalue weighted by molar-refractivity contribution is 7.26. The van der Waals surface area contributed by atoms with E-state index in [1.54, 1.807) is 0 Å². The molecule has 10 aromatic rings. The summed E-state index contributed by atoms with van der Waals surface area (Å²) in [6.45, 7) is 13.9. The Morgan fingerprint density at radius 3 is 1.65 bits per heavy atom. The van der Waals surface area contributed by atoms with Crippen molar-refractivity contribution in [3.8, 4) is 33.4 Å². The molecule has 0 saturated carbocycles. The minimum atomic E-state index is 0.00724. The number of para-hydroxylation sites is 1. The molecule has 2 heteroatoms. The van der Waals surface area contributed by atoms with Crippen molar-refractivity contribution in [1.82, 2.24) is 0 Å². The van der Waals surface area contributed by atoms with Gasteiger partial charge in [0.25, 0.3) is 0 Å². The van der Waals surface area contributed by atoms with E-state index >= 15 is 0 Å². The van der Waals surface area contributed by atoms with Crippen molar-refractivity contribution in [2.45, 2.75) is 52.4 Å². The lowest BCUT2D eigenvalue weighted by molar-refractivity contribution is 0.569. The maximum atomic E-state index is 2.50. The van der Waals surface area contributed by atoms with Gasteiger partial charge in [-0.15, -0.1) is 11.3 Å². The molecular formula is C58H49NS. The Morgan fingerprint density at radius 2 is 0.917 bits per heavy atom. The Hall–Kier alpha value is -6.48. The quantitative estimate of drug-likeness (QED) is 0.162. The summed E-state index contributed by atoms with van der Waals surface area (Å²) in [7, 11) is 0. The van der Waals surface area contributed by atoms with Crippen molar-refractivity contribution >= 4 is 70.1 Å². The summed E-state index contributed by atoms with van der Waals surface area (Å²) in [5.41, 5.74) is 13.5. The van der Waals surface area contributed by atoms with Crippen molar-refractivity contribution in [2.24, 2.45) is 0 Å². The molecule has 0 radical (unpaired) electrons. The third kappa shape index (κ3) is 6.66. The van der Waals surface area contributed by atoms with Crippen molar-refractivity contribution in [1.29, 1.82) is 0 Å². The molecule has 1 heterocycles. The Labute approximate surface area is 358 Å². The van der Waals surface area contributed by atoms with Gasteiger partial charge >= 0.3 is 0 Å². The Morgan fingerprint density at radius 1 is 0.383 bits per heavy atom. The van der Waals surface area contributed by atoms with Crippen LogP contribution in [-0.4, -0.2) is 0 Å². The molecule has 0 spiro atoms. The van der Waals surface area contributed by atoms with Crippen molar-refractivity contribution in [2.75, 3.05) is 4.90 Å². The third-order valence-corrected chi connectivity index (χ3v) is 13.4. The molecule has 0 aliphatic heterocycles. The molecule has 0 amide bonds. The van der Waals surface area contributed by atoms with Crippen LogP contribution in [0.3, 0.4) is 0 Å². The number of thiophene rings is 1. The summed E-state index contributed by atoms with van der Waals surface area (Å²) in [5, 5.41) is 7.59. The van der Waals surface area contributed by atoms with E-state index in [2.05, 4.69) is 234 Å². The summed E-state index contributed by atoms with van der Waals surface area (Å²) in [6.07, 6.45) is 0. The van der Waals surface area contributed by atoms with Crippen LogP contribution >= 0.6 is 11.3 Å². The zero-order chi connectivity index (χ0) is 41.2. The highest BCUT2D eigenvalue weighted by Gasteiger charge is 2.25. The number of fused-ring (bicyclic) bond motifs is 5. The van der Waals surface area contributed by atoms with Gasteiger partial charge in [0.1, 0.15) is 0 Å². The normalized spacial score (nSPS) is 12.2. The molecule has 1 aromatic heterocycles. The van der Waals surface area contributed by atoms with Crippen LogP contribution in [0.15, 0.2) is 188 Å². The topological polar surface area (TPSA) is 3.24 Å². The molecule has 1 nitrogen and oxygen atoms in total. The van der Waals surface area contributed by atoms with Crippen molar-refractivity contribution < 1.29 is 0 Å². The van der Waals surface area contributed by atoms with Gasteiger partial charge in [0.2, 0.25) is 0 Å². The van der Waals surface area contributed by atoms with Crippen LogP contribution in [-0.2, 0) is 10.8 Å². The third-order valence-electron chi connectivity index (χ3n) is 12.2. The summed E-state index contributed by atoms with van der Waals surface area (Å²) in [6, 6.07) is 70.0. The lowest BCUT2D eigenvalue weighted by Gasteiger charge is -2.29. The lowest BCUT2D eigenvalue weighted by atomic mass is 9.78. The predicted molar refractivity (Wildman–Crippen MR) is 263 cm³/mol. The summed E-state index contributed by atoms with van der Waals surface area (Å²) in [4.78, 5) is 2.50. The van der Waals surface area contributed by atoms with Crippen molar-refractivity contribution in [3.63, 3.8) is 0 Å². The molecular weight excluding hydrogens is 743 g/mol. The first-order valence-electron chi connectivity index (χ1n) is 21.1. The first-order chi connectivity index (χ1) is 29.0. The molecule has 0 bridgehead atoms. The average molecular weight is 792 g/mol. The van der Waals surface area contributed by atoms with Crippen LogP contribution < -0.4 is 4.90 Å². The smallest absolute Gasteiger partial charge is 0.0640 e. The van der Waals surface area contributed by atoms with Gasteiger partial charge < -0.3 is 4.90 Å².